The Hall–Kier alpha value is -7.39. The Morgan fingerprint density at radius 3 is 1.58 bits per heavy atom. The van der Waals surface area contributed by atoms with Crippen molar-refractivity contribution in [3.05, 3.63) is 168 Å². The lowest BCUT2D eigenvalue weighted by atomic mass is 9.91. The van der Waals surface area contributed by atoms with Gasteiger partial charge in [0.1, 0.15) is 0 Å². The van der Waals surface area contributed by atoms with Crippen molar-refractivity contribution in [2.75, 3.05) is 0 Å². The van der Waals surface area contributed by atoms with Crippen LogP contribution in [-0.4, -0.2) is 9.13 Å². The standard InChI is InChI=1S/C45H25N5/c46-26-29-17-19-34(39(23-29)37-11-3-8-16-44(37)50-42-14-6-1-9-35(42)36-10-2-7-15-43(36)50)32-21-31(28-48)22-33(25-32)49-41-13-5-4-12-38(41)40-24-30(27-47)18-20-45(40)49/h1-25H. The Morgan fingerprint density at radius 1 is 0.360 bits per heavy atom. The highest BCUT2D eigenvalue weighted by Crippen LogP contribution is 2.41. The number of aromatic nitrogens is 2. The smallest absolute Gasteiger partial charge is 0.0992 e. The molecule has 2 heterocycles. The molecule has 9 aromatic rings. The van der Waals surface area contributed by atoms with Crippen LogP contribution in [0.15, 0.2) is 152 Å². The molecule has 0 spiro atoms. The summed E-state index contributed by atoms with van der Waals surface area (Å²) in [5.74, 6) is 0. The van der Waals surface area contributed by atoms with Crippen LogP contribution in [0, 0.1) is 34.0 Å². The van der Waals surface area contributed by atoms with E-state index in [1.165, 1.54) is 10.8 Å². The third-order valence-corrected chi connectivity index (χ3v) is 9.58. The highest BCUT2D eigenvalue weighted by molar-refractivity contribution is 6.11. The molecule has 0 aliphatic carbocycles. The largest absolute Gasteiger partial charge is 0.309 e. The molecular weight excluding hydrogens is 611 g/mol. The predicted molar refractivity (Wildman–Crippen MR) is 200 cm³/mol. The molecule has 230 valence electrons. The fraction of sp³-hybridized carbons (Fsp3) is 0. The summed E-state index contributed by atoms with van der Waals surface area (Å²) in [5, 5.41) is 34.4. The molecule has 5 heteroatoms. The molecule has 9 rings (SSSR count). The quantitative estimate of drug-likeness (QED) is 0.193. The molecular formula is C45H25N5. The molecule has 0 unspecified atom stereocenters. The van der Waals surface area contributed by atoms with Crippen LogP contribution < -0.4 is 0 Å². The molecule has 0 atom stereocenters. The van der Waals surface area contributed by atoms with Crippen molar-refractivity contribution in [1.82, 2.24) is 9.13 Å². The monoisotopic (exact) mass is 635 g/mol. The first kappa shape index (κ1) is 28.8. The molecule has 0 bridgehead atoms. The van der Waals surface area contributed by atoms with Crippen molar-refractivity contribution < 1.29 is 0 Å². The highest BCUT2D eigenvalue weighted by Gasteiger charge is 2.20. The summed E-state index contributed by atoms with van der Waals surface area (Å²) in [4.78, 5) is 0. The second-order valence-corrected chi connectivity index (χ2v) is 12.3. The van der Waals surface area contributed by atoms with E-state index < -0.39 is 0 Å². The summed E-state index contributed by atoms with van der Waals surface area (Å²) in [6.07, 6.45) is 0. The lowest BCUT2D eigenvalue weighted by Gasteiger charge is -2.18. The minimum Gasteiger partial charge on any atom is -0.309 e. The molecule has 7 aromatic carbocycles. The fourth-order valence-corrected chi connectivity index (χ4v) is 7.45. The molecule has 5 nitrogen and oxygen atoms in total. The van der Waals surface area contributed by atoms with Gasteiger partial charge in [0.25, 0.3) is 0 Å². The van der Waals surface area contributed by atoms with Crippen LogP contribution in [0.5, 0.6) is 0 Å². The van der Waals surface area contributed by atoms with Gasteiger partial charge in [-0.25, -0.2) is 0 Å². The summed E-state index contributed by atoms with van der Waals surface area (Å²) in [6.45, 7) is 0. The van der Waals surface area contributed by atoms with E-state index in [-0.39, 0.29) is 0 Å². The molecule has 0 amide bonds. The number of fused-ring (bicyclic) bond motifs is 6. The minimum absolute atomic E-state index is 0.517. The van der Waals surface area contributed by atoms with Gasteiger partial charge >= 0.3 is 0 Å². The number of rotatable bonds is 4. The molecule has 0 saturated heterocycles. The Bertz CT molecular complexity index is 2920. The first-order valence-corrected chi connectivity index (χ1v) is 16.3. The Kier molecular flexibility index (Phi) is 6.56. The van der Waals surface area contributed by atoms with Gasteiger partial charge < -0.3 is 9.13 Å². The van der Waals surface area contributed by atoms with E-state index in [1.54, 1.807) is 0 Å². The van der Waals surface area contributed by atoms with E-state index in [2.05, 4.69) is 106 Å². The zero-order valence-electron chi connectivity index (χ0n) is 26.7. The summed E-state index contributed by atoms with van der Waals surface area (Å²) >= 11 is 0. The van der Waals surface area contributed by atoms with Gasteiger partial charge in [-0.05, 0) is 89.5 Å². The van der Waals surface area contributed by atoms with Crippen LogP contribution in [0.25, 0.3) is 77.2 Å². The van der Waals surface area contributed by atoms with E-state index in [0.29, 0.717) is 16.7 Å². The van der Waals surface area contributed by atoms with Crippen molar-refractivity contribution in [3.63, 3.8) is 0 Å². The van der Waals surface area contributed by atoms with Gasteiger partial charge in [0.05, 0.1) is 62.7 Å². The summed E-state index contributed by atoms with van der Waals surface area (Å²) in [6, 6.07) is 57.8. The number of benzene rings is 7. The van der Waals surface area contributed by atoms with E-state index in [0.717, 1.165) is 66.5 Å². The van der Waals surface area contributed by atoms with Crippen molar-refractivity contribution in [2.45, 2.75) is 0 Å². The SMILES string of the molecule is N#Cc1cc(-c2ccc(C#N)cc2-c2ccccc2-n2c3ccccc3c3ccccc32)cc(-n2c3ccccc3c3cc(C#N)ccc32)c1. The number of para-hydroxylation sites is 4. The number of nitriles is 3. The molecule has 0 N–H and O–H groups in total. The van der Waals surface area contributed by atoms with Gasteiger partial charge in [-0.2, -0.15) is 15.8 Å². The van der Waals surface area contributed by atoms with Gasteiger partial charge in [-0.3, -0.25) is 0 Å². The molecule has 0 aliphatic rings. The molecule has 50 heavy (non-hydrogen) atoms. The zero-order chi connectivity index (χ0) is 33.8. The van der Waals surface area contributed by atoms with Gasteiger partial charge in [-0.15, -0.1) is 0 Å². The predicted octanol–water partition coefficient (Wildman–Crippen LogP) is 10.8. The van der Waals surface area contributed by atoms with Gasteiger partial charge in [0, 0.05) is 32.8 Å². The first-order valence-electron chi connectivity index (χ1n) is 16.3. The third-order valence-electron chi connectivity index (χ3n) is 9.58. The average Bonchev–Trinajstić information content (AvgIpc) is 3.70. The summed E-state index contributed by atoms with van der Waals surface area (Å²) < 4.78 is 4.46. The molecule has 0 radical (unpaired) electrons. The van der Waals surface area contributed by atoms with Gasteiger partial charge in [-0.1, -0.05) is 78.9 Å². The second-order valence-electron chi connectivity index (χ2n) is 12.3. The maximum Gasteiger partial charge on any atom is 0.0992 e. The van der Waals surface area contributed by atoms with Gasteiger partial charge in [0.15, 0.2) is 0 Å². The van der Waals surface area contributed by atoms with Crippen molar-refractivity contribution in [3.8, 4) is 51.8 Å². The van der Waals surface area contributed by atoms with Crippen LogP contribution in [0.2, 0.25) is 0 Å². The zero-order valence-corrected chi connectivity index (χ0v) is 26.7. The lowest BCUT2D eigenvalue weighted by molar-refractivity contribution is 1.18. The first-order chi connectivity index (χ1) is 24.7. The topological polar surface area (TPSA) is 81.2 Å². The number of hydrogen-bond acceptors (Lipinski definition) is 3. The molecule has 0 aliphatic heterocycles. The number of nitrogens with zero attached hydrogens (tertiary/aromatic N) is 5. The Labute approximate surface area is 287 Å². The average molecular weight is 636 g/mol. The molecule has 0 fully saturated rings. The van der Waals surface area contributed by atoms with Crippen LogP contribution >= 0.6 is 0 Å². The summed E-state index contributed by atoms with van der Waals surface area (Å²) in [5.41, 5.74) is 11.2. The maximum absolute atomic E-state index is 10.3. The minimum atomic E-state index is 0.517. The fourth-order valence-electron chi connectivity index (χ4n) is 7.45. The van der Waals surface area contributed by atoms with Crippen LogP contribution in [0.4, 0.5) is 0 Å². The molecule has 2 aromatic heterocycles. The normalized spacial score (nSPS) is 11.1. The Morgan fingerprint density at radius 2 is 0.900 bits per heavy atom. The van der Waals surface area contributed by atoms with Crippen molar-refractivity contribution >= 4 is 43.6 Å². The van der Waals surface area contributed by atoms with E-state index in [1.807, 2.05) is 72.8 Å². The van der Waals surface area contributed by atoms with Crippen LogP contribution in [-0.2, 0) is 0 Å². The summed E-state index contributed by atoms with van der Waals surface area (Å²) in [7, 11) is 0. The second kappa shape index (κ2) is 11.4. The van der Waals surface area contributed by atoms with Crippen molar-refractivity contribution in [2.24, 2.45) is 0 Å². The molecule has 0 saturated carbocycles. The lowest BCUT2D eigenvalue weighted by Crippen LogP contribution is -1.99. The van der Waals surface area contributed by atoms with Crippen LogP contribution in [0.3, 0.4) is 0 Å². The van der Waals surface area contributed by atoms with E-state index in [9.17, 15) is 15.8 Å². The Balaban J connectivity index is 1.32. The van der Waals surface area contributed by atoms with E-state index in [4.69, 9.17) is 0 Å². The maximum atomic E-state index is 10.3. The highest BCUT2D eigenvalue weighted by atomic mass is 15.0. The van der Waals surface area contributed by atoms with Gasteiger partial charge in [0.2, 0.25) is 0 Å². The third kappa shape index (κ3) is 4.38. The van der Waals surface area contributed by atoms with Crippen molar-refractivity contribution in [1.29, 1.82) is 15.8 Å². The number of hydrogen-bond donors (Lipinski definition) is 0. The van der Waals surface area contributed by atoms with Crippen LogP contribution in [0.1, 0.15) is 16.7 Å². The van der Waals surface area contributed by atoms with E-state index >= 15 is 0 Å².